The number of hydrogen-bond acceptors (Lipinski definition) is 6. The van der Waals surface area contributed by atoms with E-state index in [0.717, 1.165) is 40.8 Å². The predicted octanol–water partition coefficient (Wildman–Crippen LogP) is 6.38. The molecule has 0 bridgehead atoms. The highest BCUT2D eigenvalue weighted by Crippen LogP contribution is 2.36. The minimum absolute atomic E-state index is 0.101. The number of halogens is 1. The Morgan fingerprint density at radius 2 is 1.85 bits per heavy atom. The zero-order valence-corrected chi connectivity index (χ0v) is 23.3. The number of rotatable bonds is 9. The van der Waals surface area contributed by atoms with Gasteiger partial charge in [-0.15, -0.1) is 0 Å². The van der Waals surface area contributed by atoms with E-state index in [1.165, 1.54) is 19.3 Å². The normalized spacial score (nSPS) is 15.6. The van der Waals surface area contributed by atoms with Crippen LogP contribution in [0.2, 0.25) is 5.02 Å². The van der Waals surface area contributed by atoms with Crippen molar-refractivity contribution >= 4 is 22.6 Å². The van der Waals surface area contributed by atoms with Gasteiger partial charge in [-0.1, -0.05) is 48.4 Å². The molecular weight excluding hydrogens is 512 g/mol. The molecule has 2 N–H and O–H groups in total. The summed E-state index contributed by atoms with van der Waals surface area (Å²) in [4.78, 5) is 15.5. The lowest BCUT2D eigenvalue weighted by molar-refractivity contribution is 0.266. The van der Waals surface area contributed by atoms with Gasteiger partial charge in [-0.2, -0.15) is 0 Å². The van der Waals surface area contributed by atoms with E-state index in [0.29, 0.717) is 47.3 Å². The van der Waals surface area contributed by atoms with E-state index in [9.17, 15) is 9.90 Å². The topological polar surface area (TPSA) is 74.9 Å². The number of nitrogens with one attached hydrogen (secondary N) is 1. The Morgan fingerprint density at radius 3 is 2.59 bits per heavy atom. The van der Waals surface area contributed by atoms with Crippen LogP contribution in [-0.4, -0.2) is 43.3 Å². The Morgan fingerprint density at radius 1 is 1.05 bits per heavy atom. The molecule has 1 unspecified atom stereocenters. The molecule has 0 amide bonds. The van der Waals surface area contributed by atoms with Crippen molar-refractivity contribution < 1.29 is 14.3 Å². The molecule has 2 heterocycles. The number of para-hydroxylation sites is 1. The van der Waals surface area contributed by atoms with Gasteiger partial charge >= 0.3 is 5.63 Å². The average molecular weight is 547 g/mol. The third kappa shape index (κ3) is 6.30. The van der Waals surface area contributed by atoms with Crippen LogP contribution >= 0.6 is 11.6 Å². The first-order valence-electron chi connectivity index (χ1n) is 13.6. The first-order valence-corrected chi connectivity index (χ1v) is 13.9. The smallest absolute Gasteiger partial charge is 0.344 e. The van der Waals surface area contributed by atoms with Crippen molar-refractivity contribution in [2.45, 2.75) is 44.7 Å². The summed E-state index contributed by atoms with van der Waals surface area (Å²) in [5, 5.41) is 15.6. The van der Waals surface area contributed by atoms with Crippen LogP contribution in [0.1, 0.15) is 42.4 Å². The minimum Gasteiger partial charge on any atom is -0.507 e. The van der Waals surface area contributed by atoms with Gasteiger partial charge in [-0.05, 0) is 86.9 Å². The lowest BCUT2D eigenvalue weighted by Crippen LogP contribution is -2.35. The number of phenolic OH excluding ortho intramolecular Hbond substituents is 1. The maximum atomic E-state index is 13.6. The molecule has 5 rings (SSSR count). The molecule has 1 saturated heterocycles. The van der Waals surface area contributed by atoms with Gasteiger partial charge in [-0.25, -0.2) is 4.79 Å². The number of aromatic hydroxyl groups is 1. The number of fused-ring (bicyclic) bond motifs is 1. The molecule has 7 heteroatoms. The number of nitrogens with zero attached hydrogens (tertiary/aromatic N) is 1. The molecule has 1 atom stereocenters. The van der Waals surface area contributed by atoms with E-state index in [-0.39, 0.29) is 5.75 Å². The van der Waals surface area contributed by atoms with E-state index in [4.69, 9.17) is 20.8 Å². The van der Waals surface area contributed by atoms with E-state index >= 15 is 0 Å². The number of piperidine rings is 1. The molecule has 6 nitrogen and oxygen atoms in total. The van der Waals surface area contributed by atoms with Crippen LogP contribution in [0.15, 0.2) is 69.9 Å². The molecule has 39 heavy (non-hydrogen) atoms. The average Bonchev–Trinajstić information content (AvgIpc) is 2.92. The van der Waals surface area contributed by atoms with Crippen molar-refractivity contribution in [3.63, 3.8) is 0 Å². The lowest BCUT2D eigenvalue weighted by atomic mass is 9.92. The van der Waals surface area contributed by atoms with Crippen LogP contribution < -0.4 is 15.7 Å². The SMILES string of the molecule is CN(C)Cc1c(O)ccc2c(Cc3ccccc3OCCC3CCCCN3)c(-c3ccc(Cl)cc3)c(=O)oc12. The molecule has 1 aromatic heterocycles. The summed E-state index contributed by atoms with van der Waals surface area (Å²) in [6, 6.07) is 19.2. The van der Waals surface area contributed by atoms with Crippen LogP contribution in [0.3, 0.4) is 0 Å². The maximum Gasteiger partial charge on any atom is 0.344 e. The molecular formula is C32H35ClN2O4. The van der Waals surface area contributed by atoms with Gasteiger partial charge in [0.15, 0.2) is 0 Å². The Bertz CT molecular complexity index is 1490. The second kappa shape index (κ2) is 12.2. The first kappa shape index (κ1) is 27.3. The molecule has 0 spiro atoms. The quantitative estimate of drug-likeness (QED) is 0.237. The molecule has 1 fully saturated rings. The van der Waals surface area contributed by atoms with E-state index in [2.05, 4.69) is 5.32 Å². The fourth-order valence-corrected chi connectivity index (χ4v) is 5.52. The number of hydrogen-bond donors (Lipinski definition) is 2. The van der Waals surface area contributed by atoms with Gasteiger partial charge in [0, 0.05) is 29.4 Å². The molecule has 0 radical (unpaired) electrons. The largest absolute Gasteiger partial charge is 0.507 e. The summed E-state index contributed by atoms with van der Waals surface area (Å²) in [6.45, 7) is 2.13. The standard InChI is InChI=1S/C32H35ClN2O4/c1-35(2)20-27-28(36)15-14-25-26(30(32(37)39-31(25)27)21-10-12-23(33)13-11-21)19-22-7-3-4-9-29(22)38-18-16-24-8-5-6-17-34-24/h3-4,7,9-15,24,34,36H,5-6,8,16-20H2,1-2H3. The number of phenols is 1. The van der Waals surface area contributed by atoms with Crippen LogP contribution in [0.25, 0.3) is 22.1 Å². The fourth-order valence-electron chi connectivity index (χ4n) is 5.40. The summed E-state index contributed by atoms with van der Waals surface area (Å²) >= 11 is 6.16. The Labute approximate surface area is 234 Å². The van der Waals surface area contributed by atoms with Crippen molar-refractivity contribution in [3.05, 3.63) is 92.8 Å². The van der Waals surface area contributed by atoms with Crippen LogP contribution in [0.4, 0.5) is 0 Å². The third-order valence-corrected chi connectivity index (χ3v) is 7.60. The van der Waals surface area contributed by atoms with E-state index < -0.39 is 5.63 Å². The summed E-state index contributed by atoms with van der Waals surface area (Å²) in [6.07, 6.45) is 5.10. The van der Waals surface area contributed by atoms with Gasteiger partial charge < -0.3 is 24.5 Å². The predicted molar refractivity (Wildman–Crippen MR) is 157 cm³/mol. The molecule has 204 valence electrons. The van der Waals surface area contributed by atoms with Gasteiger partial charge in [0.25, 0.3) is 0 Å². The molecule has 3 aromatic carbocycles. The summed E-state index contributed by atoms with van der Waals surface area (Å²) in [7, 11) is 3.82. The van der Waals surface area contributed by atoms with Crippen molar-refractivity contribution in [1.82, 2.24) is 10.2 Å². The van der Waals surface area contributed by atoms with Crippen LogP contribution in [-0.2, 0) is 13.0 Å². The lowest BCUT2D eigenvalue weighted by Gasteiger charge is -2.23. The van der Waals surface area contributed by atoms with E-state index in [1.807, 2.05) is 61.5 Å². The highest BCUT2D eigenvalue weighted by atomic mass is 35.5. The monoisotopic (exact) mass is 546 g/mol. The molecule has 0 saturated carbocycles. The molecule has 1 aliphatic rings. The van der Waals surface area contributed by atoms with Gasteiger partial charge in [0.1, 0.15) is 17.1 Å². The Hall–Kier alpha value is -3.32. The van der Waals surface area contributed by atoms with Crippen LogP contribution in [0.5, 0.6) is 11.5 Å². The molecule has 0 aliphatic carbocycles. The highest BCUT2D eigenvalue weighted by molar-refractivity contribution is 6.30. The van der Waals surface area contributed by atoms with Gasteiger partial charge in [0.05, 0.1) is 17.7 Å². The van der Waals surface area contributed by atoms with Crippen molar-refractivity contribution in [1.29, 1.82) is 0 Å². The summed E-state index contributed by atoms with van der Waals surface area (Å²) in [5.74, 6) is 0.911. The van der Waals surface area contributed by atoms with Crippen molar-refractivity contribution in [2.24, 2.45) is 0 Å². The van der Waals surface area contributed by atoms with Gasteiger partial charge in [-0.3, -0.25) is 0 Å². The molecule has 4 aromatic rings. The van der Waals surface area contributed by atoms with Crippen molar-refractivity contribution in [2.75, 3.05) is 27.2 Å². The summed E-state index contributed by atoms with van der Waals surface area (Å²) in [5.41, 5.74) is 3.57. The Kier molecular flexibility index (Phi) is 8.56. The maximum absolute atomic E-state index is 13.6. The number of ether oxygens (including phenoxy) is 1. The second-order valence-electron chi connectivity index (χ2n) is 10.5. The first-order chi connectivity index (χ1) is 18.9. The third-order valence-electron chi connectivity index (χ3n) is 7.34. The highest BCUT2D eigenvalue weighted by Gasteiger charge is 2.22. The van der Waals surface area contributed by atoms with Gasteiger partial charge in [0.2, 0.25) is 0 Å². The fraction of sp³-hybridized carbons (Fsp3) is 0.344. The van der Waals surface area contributed by atoms with E-state index in [1.54, 1.807) is 18.2 Å². The second-order valence-corrected chi connectivity index (χ2v) is 10.9. The summed E-state index contributed by atoms with van der Waals surface area (Å²) < 4.78 is 12.2. The Balaban J connectivity index is 1.58. The van der Waals surface area contributed by atoms with Crippen molar-refractivity contribution in [3.8, 4) is 22.6 Å². The zero-order chi connectivity index (χ0) is 27.4. The zero-order valence-electron chi connectivity index (χ0n) is 22.5. The van der Waals surface area contributed by atoms with Crippen LogP contribution in [0, 0.1) is 0 Å². The minimum atomic E-state index is -0.452. The molecule has 1 aliphatic heterocycles. The number of benzene rings is 3.